The molecular formula is C17H23N3O2. The first-order chi connectivity index (χ1) is 10.7. The number of imidazole rings is 1. The first kappa shape index (κ1) is 15.0. The van der Waals surface area contributed by atoms with E-state index in [-0.39, 0.29) is 5.91 Å². The minimum atomic E-state index is 0.0606. The van der Waals surface area contributed by atoms with Crippen LogP contribution in [0.4, 0.5) is 0 Å². The number of aryl methyl sites for hydroxylation is 1. The van der Waals surface area contributed by atoms with Gasteiger partial charge in [-0.1, -0.05) is 6.07 Å². The fourth-order valence-electron chi connectivity index (χ4n) is 3.04. The number of pyridine rings is 1. The summed E-state index contributed by atoms with van der Waals surface area (Å²) in [6, 6.07) is 5.87. The number of rotatable bonds is 5. The summed E-state index contributed by atoms with van der Waals surface area (Å²) in [6.45, 7) is 4.40. The molecule has 0 spiro atoms. The maximum absolute atomic E-state index is 12.2. The van der Waals surface area contributed by atoms with Gasteiger partial charge in [-0.25, -0.2) is 4.98 Å². The summed E-state index contributed by atoms with van der Waals surface area (Å²) in [4.78, 5) is 16.7. The van der Waals surface area contributed by atoms with Gasteiger partial charge in [0.2, 0.25) is 5.91 Å². The summed E-state index contributed by atoms with van der Waals surface area (Å²) >= 11 is 0. The van der Waals surface area contributed by atoms with Crippen molar-refractivity contribution < 1.29 is 9.53 Å². The topological polar surface area (TPSA) is 55.6 Å². The molecule has 0 unspecified atom stereocenters. The van der Waals surface area contributed by atoms with Crippen LogP contribution in [0.1, 0.15) is 30.7 Å². The van der Waals surface area contributed by atoms with E-state index in [1.165, 1.54) is 6.42 Å². The summed E-state index contributed by atoms with van der Waals surface area (Å²) in [5, 5.41) is 3.02. The van der Waals surface area contributed by atoms with Crippen molar-refractivity contribution in [2.24, 2.45) is 5.92 Å². The van der Waals surface area contributed by atoms with Gasteiger partial charge in [0.15, 0.2) is 0 Å². The molecule has 2 aromatic heterocycles. The molecule has 1 amide bonds. The molecule has 0 radical (unpaired) electrons. The molecule has 1 aliphatic heterocycles. The van der Waals surface area contributed by atoms with Gasteiger partial charge >= 0.3 is 0 Å². The zero-order valence-corrected chi connectivity index (χ0v) is 13.0. The third-order valence-electron chi connectivity index (χ3n) is 4.29. The van der Waals surface area contributed by atoms with E-state index in [9.17, 15) is 4.79 Å². The van der Waals surface area contributed by atoms with Gasteiger partial charge in [-0.3, -0.25) is 4.79 Å². The van der Waals surface area contributed by atoms with E-state index in [2.05, 4.69) is 10.3 Å². The fraction of sp³-hybridized carbons (Fsp3) is 0.529. The van der Waals surface area contributed by atoms with E-state index in [0.29, 0.717) is 12.3 Å². The number of hydrogen-bond donors (Lipinski definition) is 1. The SMILES string of the molecule is Cc1nc2ccccn2c1CC(=O)NCC[C@@H]1CCCOC1. The summed E-state index contributed by atoms with van der Waals surface area (Å²) in [5.41, 5.74) is 2.78. The highest BCUT2D eigenvalue weighted by Gasteiger charge is 2.15. The van der Waals surface area contributed by atoms with E-state index in [1.807, 2.05) is 35.7 Å². The zero-order valence-electron chi connectivity index (χ0n) is 13.0. The van der Waals surface area contributed by atoms with Crippen LogP contribution in [0, 0.1) is 12.8 Å². The van der Waals surface area contributed by atoms with Crippen LogP contribution in [0.3, 0.4) is 0 Å². The fourth-order valence-corrected chi connectivity index (χ4v) is 3.04. The van der Waals surface area contributed by atoms with Crippen molar-refractivity contribution in [1.29, 1.82) is 0 Å². The monoisotopic (exact) mass is 301 g/mol. The number of carbonyl (C=O) groups is 1. The molecule has 22 heavy (non-hydrogen) atoms. The number of ether oxygens (including phenoxy) is 1. The number of aromatic nitrogens is 2. The molecular weight excluding hydrogens is 278 g/mol. The highest BCUT2D eigenvalue weighted by molar-refractivity contribution is 5.78. The molecule has 0 aromatic carbocycles. The lowest BCUT2D eigenvalue weighted by Gasteiger charge is -2.21. The van der Waals surface area contributed by atoms with Crippen LogP contribution in [-0.4, -0.2) is 35.1 Å². The highest BCUT2D eigenvalue weighted by Crippen LogP contribution is 2.16. The predicted molar refractivity (Wildman–Crippen MR) is 84.8 cm³/mol. The van der Waals surface area contributed by atoms with Crippen molar-refractivity contribution in [3.63, 3.8) is 0 Å². The third-order valence-corrected chi connectivity index (χ3v) is 4.29. The molecule has 1 fully saturated rings. The van der Waals surface area contributed by atoms with Gasteiger partial charge in [0.05, 0.1) is 17.8 Å². The molecule has 0 saturated carbocycles. The predicted octanol–water partition coefficient (Wildman–Crippen LogP) is 2.12. The number of nitrogens with one attached hydrogen (secondary N) is 1. The summed E-state index contributed by atoms with van der Waals surface area (Å²) in [6.07, 6.45) is 5.68. The van der Waals surface area contributed by atoms with E-state index in [1.54, 1.807) is 0 Å². The van der Waals surface area contributed by atoms with Gasteiger partial charge in [-0.2, -0.15) is 0 Å². The number of amides is 1. The molecule has 5 nitrogen and oxygen atoms in total. The molecule has 1 aliphatic rings. The molecule has 1 saturated heterocycles. The van der Waals surface area contributed by atoms with Gasteiger partial charge in [0.25, 0.3) is 0 Å². The van der Waals surface area contributed by atoms with Crippen molar-refractivity contribution in [2.75, 3.05) is 19.8 Å². The van der Waals surface area contributed by atoms with Crippen molar-refractivity contribution in [3.05, 3.63) is 35.8 Å². The Morgan fingerprint density at radius 3 is 3.23 bits per heavy atom. The maximum atomic E-state index is 12.2. The number of fused-ring (bicyclic) bond motifs is 1. The van der Waals surface area contributed by atoms with Gasteiger partial charge in [0.1, 0.15) is 5.65 Å². The highest BCUT2D eigenvalue weighted by atomic mass is 16.5. The lowest BCUT2D eigenvalue weighted by molar-refractivity contribution is -0.120. The van der Waals surface area contributed by atoms with Crippen LogP contribution in [0.15, 0.2) is 24.4 Å². The lowest BCUT2D eigenvalue weighted by atomic mass is 9.99. The average molecular weight is 301 g/mol. The molecule has 1 atom stereocenters. The normalized spacial score (nSPS) is 18.5. The lowest BCUT2D eigenvalue weighted by Crippen LogP contribution is -2.29. The van der Waals surface area contributed by atoms with Crippen LogP contribution >= 0.6 is 0 Å². The first-order valence-electron chi connectivity index (χ1n) is 8.01. The Morgan fingerprint density at radius 2 is 2.41 bits per heavy atom. The van der Waals surface area contributed by atoms with Gasteiger partial charge in [-0.05, 0) is 44.2 Å². The second-order valence-corrected chi connectivity index (χ2v) is 5.97. The standard InChI is InChI=1S/C17H23N3O2/c1-13-15(20-9-3-2-6-16(20)19-13)11-17(21)18-8-7-14-5-4-10-22-12-14/h2-3,6,9,14H,4-5,7-8,10-12H2,1H3,(H,18,21)/t14-/m0/s1. The summed E-state index contributed by atoms with van der Waals surface area (Å²) in [7, 11) is 0. The van der Waals surface area contributed by atoms with Crippen LogP contribution in [0.25, 0.3) is 5.65 Å². The van der Waals surface area contributed by atoms with Crippen molar-refractivity contribution in [3.8, 4) is 0 Å². The Kier molecular flexibility index (Phi) is 4.73. The summed E-state index contributed by atoms with van der Waals surface area (Å²) < 4.78 is 7.45. The van der Waals surface area contributed by atoms with Crippen molar-refractivity contribution in [1.82, 2.24) is 14.7 Å². The van der Waals surface area contributed by atoms with E-state index >= 15 is 0 Å². The van der Waals surface area contributed by atoms with Crippen LogP contribution < -0.4 is 5.32 Å². The first-order valence-corrected chi connectivity index (χ1v) is 8.01. The summed E-state index contributed by atoms with van der Waals surface area (Å²) in [5.74, 6) is 0.650. The molecule has 1 N–H and O–H groups in total. The molecule has 3 heterocycles. The van der Waals surface area contributed by atoms with Crippen LogP contribution in [-0.2, 0) is 16.0 Å². The molecule has 0 bridgehead atoms. The molecule has 3 rings (SSSR count). The smallest absolute Gasteiger partial charge is 0.226 e. The van der Waals surface area contributed by atoms with Gasteiger partial charge in [0, 0.05) is 26.0 Å². The van der Waals surface area contributed by atoms with E-state index in [4.69, 9.17) is 4.74 Å². The van der Waals surface area contributed by atoms with Gasteiger partial charge in [-0.15, -0.1) is 0 Å². The Labute approximate surface area is 130 Å². The molecule has 118 valence electrons. The minimum absolute atomic E-state index is 0.0606. The molecule has 0 aliphatic carbocycles. The quantitative estimate of drug-likeness (QED) is 0.920. The molecule has 5 heteroatoms. The average Bonchev–Trinajstić information content (AvgIpc) is 2.84. The Hall–Kier alpha value is -1.88. The number of carbonyl (C=O) groups excluding carboxylic acids is 1. The van der Waals surface area contributed by atoms with E-state index < -0.39 is 0 Å². The number of hydrogen-bond acceptors (Lipinski definition) is 3. The second-order valence-electron chi connectivity index (χ2n) is 5.97. The minimum Gasteiger partial charge on any atom is -0.381 e. The van der Waals surface area contributed by atoms with Crippen LogP contribution in [0.5, 0.6) is 0 Å². The van der Waals surface area contributed by atoms with Crippen molar-refractivity contribution in [2.45, 2.75) is 32.6 Å². The maximum Gasteiger partial charge on any atom is 0.226 e. The Morgan fingerprint density at radius 1 is 1.50 bits per heavy atom. The Bertz CT molecular complexity index is 644. The van der Waals surface area contributed by atoms with Crippen LogP contribution in [0.2, 0.25) is 0 Å². The zero-order chi connectivity index (χ0) is 15.4. The van der Waals surface area contributed by atoms with E-state index in [0.717, 1.165) is 49.6 Å². The number of nitrogens with zero attached hydrogens (tertiary/aromatic N) is 2. The molecule has 2 aromatic rings. The van der Waals surface area contributed by atoms with Crippen molar-refractivity contribution >= 4 is 11.6 Å². The van der Waals surface area contributed by atoms with Gasteiger partial charge < -0.3 is 14.5 Å². The Balaban J connectivity index is 1.53. The third kappa shape index (κ3) is 3.47. The largest absolute Gasteiger partial charge is 0.381 e. The second kappa shape index (κ2) is 6.92.